The van der Waals surface area contributed by atoms with Gasteiger partial charge in [0, 0.05) is 25.7 Å². The lowest BCUT2D eigenvalue weighted by Gasteiger charge is -2.21. The number of nitrogens with zero attached hydrogens (tertiary/aromatic N) is 3. The van der Waals surface area contributed by atoms with E-state index in [-0.39, 0.29) is 12.3 Å². The van der Waals surface area contributed by atoms with Crippen molar-refractivity contribution < 1.29 is 19.1 Å². The SMILES string of the molecule is CC(=O)N1N=C(c2cccnc2)OC1C(=O)N[C@@H](Cc1ccccc1)C(N)=O. The van der Waals surface area contributed by atoms with Gasteiger partial charge in [0.05, 0.1) is 5.56 Å². The fourth-order valence-corrected chi connectivity index (χ4v) is 2.66. The number of amides is 3. The van der Waals surface area contributed by atoms with Crippen LogP contribution >= 0.6 is 0 Å². The molecule has 0 spiro atoms. The summed E-state index contributed by atoms with van der Waals surface area (Å²) in [5.41, 5.74) is 6.77. The molecule has 0 radical (unpaired) electrons. The molecule has 3 N–H and O–H groups in total. The van der Waals surface area contributed by atoms with Crippen molar-refractivity contribution in [2.75, 3.05) is 0 Å². The lowest BCUT2D eigenvalue weighted by Crippen LogP contribution is -2.53. The van der Waals surface area contributed by atoms with Crippen molar-refractivity contribution in [3.63, 3.8) is 0 Å². The Morgan fingerprint density at radius 3 is 2.57 bits per heavy atom. The van der Waals surface area contributed by atoms with Crippen molar-refractivity contribution in [3.8, 4) is 0 Å². The Labute approximate surface area is 161 Å². The molecule has 9 nitrogen and oxygen atoms in total. The van der Waals surface area contributed by atoms with Gasteiger partial charge in [-0.25, -0.2) is 0 Å². The van der Waals surface area contributed by atoms with Gasteiger partial charge in [-0.1, -0.05) is 30.3 Å². The summed E-state index contributed by atoms with van der Waals surface area (Å²) in [6.45, 7) is 1.26. The fourth-order valence-electron chi connectivity index (χ4n) is 2.66. The van der Waals surface area contributed by atoms with E-state index in [2.05, 4.69) is 15.4 Å². The number of hydrogen-bond acceptors (Lipinski definition) is 6. The van der Waals surface area contributed by atoms with E-state index in [1.54, 1.807) is 18.3 Å². The summed E-state index contributed by atoms with van der Waals surface area (Å²) in [7, 11) is 0. The van der Waals surface area contributed by atoms with Crippen LogP contribution in [0, 0.1) is 0 Å². The minimum Gasteiger partial charge on any atom is -0.440 e. The minimum atomic E-state index is -1.34. The molecule has 0 aliphatic carbocycles. The maximum absolute atomic E-state index is 12.7. The molecule has 1 unspecified atom stereocenters. The molecular formula is C19H19N5O4. The second kappa shape index (κ2) is 8.30. The van der Waals surface area contributed by atoms with Gasteiger partial charge in [0.1, 0.15) is 6.04 Å². The van der Waals surface area contributed by atoms with E-state index in [1.807, 2.05) is 30.3 Å². The molecule has 1 aromatic heterocycles. The molecule has 3 amide bonds. The Morgan fingerprint density at radius 1 is 1.21 bits per heavy atom. The molecule has 1 aliphatic rings. The number of nitrogens with two attached hydrogens (primary N) is 1. The molecule has 1 aliphatic heterocycles. The molecule has 3 rings (SSSR count). The van der Waals surface area contributed by atoms with Gasteiger partial charge in [0.25, 0.3) is 12.1 Å². The first-order valence-electron chi connectivity index (χ1n) is 8.55. The van der Waals surface area contributed by atoms with E-state index in [0.717, 1.165) is 10.6 Å². The second-order valence-corrected chi connectivity index (χ2v) is 6.13. The molecule has 2 heterocycles. The van der Waals surface area contributed by atoms with Crippen molar-refractivity contribution >= 4 is 23.6 Å². The molecule has 1 aromatic carbocycles. The molecule has 0 bridgehead atoms. The largest absolute Gasteiger partial charge is 0.440 e. The molecule has 2 aromatic rings. The van der Waals surface area contributed by atoms with Gasteiger partial charge >= 0.3 is 0 Å². The maximum Gasteiger partial charge on any atom is 0.285 e. The van der Waals surface area contributed by atoms with Gasteiger partial charge in [-0.15, -0.1) is 5.10 Å². The van der Waals surface area contributed by atoms with Crippen molar-refractivity contribution in [2.45, 2.75) is 25.6 Å². The summed E-state index contributed by atoms with van der Waals surface area (Å²) >= 11 is 0. The van der Waals surface area contributed by atoms with Crippen LogP contribution < -0.4 is 11.1 Å². The Balaban J connectivity index is 1.74. The van der Waals surface area contributed by atoms with Crippen LogP contribution in [0.4, 0.5) is 0 Å². The monoisotopic (exact) mass is 381 g/mol. The third-order valence-corrected chi connectivity index (χ3v) is 4.04. The predicted octanol–water partition coefficient (Wildman–Crippen LogP) is 0.161. The van der Waals surface area contributed by atoms with Crippen LogP contribution in [-0.2, 0) is 25.5 Å². The van der Waals surface area contributed by atoms with E-state index in [0.29, 0.717) is 5.56 Å². The Kier molecular flexibility index (Phi) is 5.64. The molecule has 9 heteroatoms. The summed E-state index contributed by atoms with van der Waals surface area (Å²) in [6.07, 6.45) is 1.95. The first kappa shape index (κ1) is 19.0. The highest BCUT2D eigenvalue weighted by Gasteiger charge is 2.38. The van der Waals surface area contributed by atoms with Gasteiger partial charge in [-0.3, -0.25) is 19.4 Å². The van der Waals surface area contributed by atoms with Crippen LogP contribution in [0.25, 0.3) is 0 Å². The van der Waals surface area contributed by atoms with Crippen LogP contribution in [0.5, 0.6) is 0 Å². The molecular weight excluding hydrogens is 362 g/mol. The third kappa shape index (κ3) is 4.32. The van der Waals surface area contributed by atoms with Gasteiger partial charge < -0.3 is 15.8 Å². The molecule has 2 atom stereocenters. The lowest BCUT2D eigenvalue weighted by atomic mass is 10.1. The lowest BCUT2D eigenvalue weighted by molar-refractivity contribution is -0.147. The average Bonchev–Trinajstić information content (AvgIpc) is 3.15. The number of carbonyl (C=O) groups excluding carboxylic acids is 3. The second-order valence-electron chi connectivity index (χ2n) is 6.13. The van der Waals surface area contributed by atoms with Crippen molar-refractivity contribution in [3.05, 3.63) is 66.0 Å². The molecule has 144 valence electrons. The highest BCUT2D eigenvalue weighted by Crippen LogP contribution is 2.18. The Bertz CT molecular complexity index is 901. The Hall–Kier alpha value is -3.75. The third-order valence-electron chi connectivity index (χ3n) is 4.04. The van der Waals surface area contributed by atoms with Crippen molar-refractivity contribution in [1.82, 2.24) is 15.3 Å². The number of pyridine rings is 1. The number of primary amides is 1. The van der Waals surface area contributed by atoms with Gasteiger partial charge in [0.15, 0.2) is 0 Å². The van der Waals surface area contributed by atoms with Crippen LogP contribution in [-0.4, -0.2) is 45.9 Å². The number of ether oxygens (including phenoxy) is 1. The quantitative estimate of drug-likeness (QED) is 0.737. The maximum atomic E-state index is 12.7. The number of hydrogen-bond donors (Lipinski definition) is 2. The topological polar surface area (TPSA) is 127 Å². The summed E-state index contributed by atoms with van der Waals surface area (Å²) in [4.78, 5) is 40.4. The average molecular weight is 381 g/mol. The Morgan fingerprint density at radius 2 is 1.96 bits per heavy atom. The molecule has 0 fully saturated rings. The molecule has 0 saturated carbocycles. The first-order chi connectivity index (χ1) is 13.5. The van der Waals surface area contributed by atoms with E-state index in [9.17, 15) is 14.4 Å². The number of hydrazone groups is 1. The zero-order valence-electron chi connectivity index (χ0n) is 15.1. The minimum absolute atomic E-state index is 0.0853. The van der Waals surface area contributed by atoms with E-state index in [1.165, 1.54) is 13.1 Å². The van der Waals surface area contributed by atoms with Crippen LogP contribution in [0.2, 0.25) is 0 Å². The van der Waals surface area contributed by atoms with Gasteiger partial charge in [-0.05, 0) is 17.7 Å². The summed E-state index contributed by atoms with van der Waals surface area (Å²) < 4.78 is 5.56. The number of benzene rings is 1. The van der Waals surface area contributed by atoms with Crippen molar-refractivity contribution in [1.29, 1.82) is 0 Å². The number of carbonyl (C=O) groups is 3. The van der Waals surface area contributed by atoms with Crippen LogP contribution in [0.3, 0.4) is 0 Å². The summed E-state index contributed by atoms with van der Waals surface area (Å²) in [5.74, 6) is -1.80. The van der Waals surface area contributed by atoms with Gasteiger partial charge in [-0.2, -0.15) is 5.01 Å². The van der Waals surface area contributed by atoms with E-state index < -0.39 is 30.0 Å². The molecule has 0 saturated heterocycles. The number of nitrogens with one attached hydrogen (secondary N) is 1. The molecule has 28 heavy (non-hydrogen) atoms. The highest BCUT2D eigenvalue weighted by molar-refractivity contribution is 6.00. The van der Waals surface area contributed by atoms with Crippen molar-refractivity contribution in [2.24, 2.45) is 10.8 Å². The zero-order valence-corrected chi connectivity index (χ0v) is 15.1. The van der Waals surface area contributed by atoms with Crippen LogP contribution in [0.1, 0.15) is 18.1 Å². The predicted molar refractivity (Wildman–Crippen MR) is 99.4 cm³/mol. The summed E-state index contributed by atoms with van der Waals surface area (Å²) in [6, 6.07) is 11.5. The van der Waals surface area contributed by atoms with Gasteiger partial charge in [0.2, 0.25) is 17.7 Å². The standard InChI is InChI=1S/C19H19N5O4/c1-12(25)24-19(28-18(23-24)14-8-5-9-21-11-14)17(27)22-15(16(20)26)10-13-6-3-2-4-7-13/h2-9,11,15,19H,10H2,1H3,(H2,20,26)(H,22,27)/t15-,19?/m0/s1. The number of rotatable bonds is 6. The summed E-state index contributed by atoms with van der Waals surface area (Å²) in [5, 5.41) is 7.52. The smallest absolute Gasteiger partial charge is 0.285 e. The normalized spacial score (nSPS) is 16.7. The van der Waals surface area contributed by atoms with Crippen LogP contribution in [0.15, 0.2) is 60.0 Å². The van der Waals surface area contributed by atoms with E-state index >= 15 is 0 Å². The first-order valence-corrected chi connectivity index (χ1v) is 8.55. The number of aromatic nitrogens is 1. The fraction of sp³-hybridized carbons (Fsp3) is 0.211. The highest BCUT2D eigenvalue weighted by atomic mass is 16.5. The van der Waals surface area contributed by atoms with E-state index in [4.69, 9.17) is 10.5 Å². The zero-order chi connectivity index (χ0) is 20.1.